The standard InChI is InChI=1S/C27H31N3O3S/c31-34(32,27-8-4-7-23(21-27)22-5-2-1-3-6-22)30-19-11-24(12-20-30)29-17-13-26(14-18-29)33-25-9-15-28-16-10-25/h1-10,15-16,21,24,26H,11-14,17-20H2. The summed E-state index contributed by atoms with van der Waals surface area (Å²) in [4.78, 5) is 6.93. The summed E-state index contributed by atoms with van der Waals surface area (Å²) in [5.74, 6) is 0.878. The Hall–Kier alpha value is -2.74. The number of piperidine rings is 2. The fourth-order valence-corrected chi connectivity index (χ4v) is 6.55. The largest absolute Gasteiger partial charge is 0.490 e. The first-order valence-electron chi connectivity index (χ1n) is 12.1. The zero-order chi connectivity index (χ0) is 23.4. The molecular formula is C27H31N3O3S. The highest BCUT2D eigenvalue weighted by molar-refractivity contribution is 7.89. The molecule has 0 amide bonds. The number of rotatable bonds is 6. The number of nitrogens with zero attached hydrogens (tertiary/aromatic N) is 3. The maximum absolute atomic E-state index is 13.4. The normalized spacial score (nSPS) is 19.2. The summed E-state index contributed by atoms with van der Waals surface area (Å²) in [7, 11) is -3.50. The van der Waals surface area contributed by atoms with E-state index in [0.29, 0.717) is 24.0 Å². The smallest absolute Gasteiger partial charge is 0.243 e. The van der Waals surface area contributed by atoms with Crippen molar-refractivity contribution in [3.63, 3.8) is 0 Å². The maximum atomic E-state index is 13.4. The van der Waals surface area contributed by atoms with Gasteiger partial charge in [0.25, 0.3) is 0 Å². The van der Waals surface area contributed by atoms with Crippen LogP contribution in [0, 0.1) is 0 Å². The van der Waals surface area contributed by atoms with Crippen molar-refractivity contribution in [2.45, 2.75) is 42.7 Å². The molecule has 2 saturated heterocycles. The molecule has 5 rings (SSSR count). The summed E-state index contributed by atoms with van der Waals surface area (Å²) < 4.78 is 34.5. The Bertz CT molecular complexity index is 1170. The Kier molecular flexibility index (Phi) is 6.94. The van der Waals surface area contributed by atoms with E-state index in [4.69, 9.17) is 4.74 Å². The molecule has 2 aliphatic rings. The van der Waals surface area contributed by atoms with E-state index in [0.717, 1.165) is 55.6 Å². The number of hydrogen-bond donors (Lipinski definition) is 0. The van der Waals surface area contributed by atoms with Crippen LogP contribution in [0.4, 0.5) is 0 Å². The molecule has 0 unspecified atom stereocenters. The van der Waals surface area contributed by atoms with Crippen LogP contribution in [0.5, 0.6) is 5.75 Å². The van der Waals surface area contributed by atoms with E-state index in [1.165, 1.54) is 0 Å². The molecule has 0 saturated carbocycles. The zero-order valence-electron chi connectivity index (χ0n) is 19.3. The number of aromatic nitrogens is 1. The van der Waals surface area contributed by atoms with E-state index in [9.17, 15) is 8.42 Å². The van der Waals surface area contributed by atoms with Gasteiger partial charge in [0, 0.05) is 44.6 Å². The average molecular weight is 478 g/mol. The van der Waals surface area contributed by atoms with Gasteiger partial charge in [-0.05, 0) is 61.1 Å². The van der Waals surface area contributed by atoms with Gasteiger partial charge in [0.1, 0.15) is 11.9 Å². The molecule has 1 aromatic heterocycles. The van der Waals surface area contributed by atoms with E-state index in [1.807, 2.05) is 54.6 Å². The van der Waals surface area contributed by atoms with Gasteiger partial charge in [0.15, 0.2) is 0 Å². The maximum Gasteiger partial charge on any atom is 0.243 e. The van der Waals surface area contributed by atoms with Crippen molar-refractivity contribution in [1.82, 2.24) is 14.2 Å². The summed E-state index contributed by atoms with van der Waals surface area (Å²) in [6.45, 7) is 3.12. The van der Waals surface area contributed by atoms with Crippen molar-refractivity contribution in [3.8, 4) is 16.9 Å². The van der Waals surface area contributed by atoms with Crippen LogP contribution in [0.1, 0.15) is 25.7 Å². The predicted octanol–water partition coefficient (Wildman–Crippen LogP) is 4.45. The van der Waals surface area contributed by atoms with Crippen LogP contribution in [0.15, 0.2) is 84.0 Å². The number of benzene rings is 2. The van der Waals surface area contributed by atoms with E-state index in [1.54, 1.807) is 28.8 Å². The second kappa shape index (κ2) is 10.3. The molecule has 0 atom stereocenters. The Morgan fingerprint density at radius 1 is 0.765 bits per heavy atom. The van der Waals surface area contributed by atoms with Gasteiger partial charge in [-0.2, -0.15) is 4.31 Å². The first-order valence-corrected chi connectivity index (χ1v) is 13.5. The molecule has 3 aromatic rings. The molecule has 7 heteroatoms. The molecule has 0 radical (unpaired) electrons. The number of ether oxygens (including phenoxy) is 1. The van der Waals surface area contributed by atoms with Crippen LogP contribution in [-0.4, -0.2) is 60.9 Å². The number of hydrogen-bond acceptors (Lipinski definition) is 5. The molecule has 3 heterocycles. The SMILES string of the molecule is O=S(=O)(c1cccc(-c2ccccc2)c1)N1CCC(N2CCC(Oc3ccncc3)CC2)CC1. The number of likely N-dealkylation sites (tertiary alicyclic amines) is 1. The van der Waals surface area contributed by atoms with Crippen molar-refractivity contribution >= 4 is 10.0 Å². The molecule has 0 bridgehead atoms. The molecular weight excluding hydrogens is 446 g/mol. The Morgan fingerprint density at radius 2 is 1.44 bits per heavy atom. The fraction of sp³-hybridized carbons (Fsp3) is 0.370. The summed E-state index contributed by atoms with van der Waals surface area (Å²) in [6, 6.07) is 21.4. The quantitative estimate of drug-likeness (QED) is 0.525. The lowest BCUT2D eigenvalue weighted by Gasteiger charge is -2.41. The van der Waals surface area contributed by atoms with Gasteiger partial charge in [-0.3, -0.25) is 4.98 Å². The molecule has 0 spiro atoms. The number of sulfonamides is 1. The summed E-state index contributed by atoms with van der Waals surface area (Å²) >= 11 is 0. The van der Waals surface area contributed by atoms with Crippen molar-refractivity contribution in [1.29, 1.82) is 0 Å². The summed E-state index contributed by atoms with van der Waals surface area (Å²) in [5.41, 5.74) is 1.95. The first-order chi connectivity index (χ1) is 16.6. The molecule has 0 aliphatic carbocycles. The van der Waals surface area contributed by atoms with E-state index < -0.39 is 10.0 Å². The zero-order valence-corrected chi connectivity index (χ0v) is 20.1. The van der Waals surface area contributed by atoms with Gasteiger partial charge in [0.2, 0.25) is 10.0 Å². The molecule has 6 nitrogen and oxygen atoms in total. The van der Waals surface area contributed by atoms with Gasteiger partial charge in [-0.1, -0.05) is 42.5 Å². The topological polar surface area (TPSA) is 62.7 Å². The molecule has 2 aromatic carbocycles. The molecule has 0 N–H and O–H groups in total. The molecule has 2 aliphatic heterocycles. The highest BCUT2D eigenvalue weighted by Gasteiger charge is 2.33. The van der Waals surface area contributed by atoms with Crippen LogP contribution in [-0.2, 0) is 10.0 Å². The average Bonchev–Trinajstić information content (AvgIpc) is 2.90. The van der Waals surface area contributed by atoms with Crippen LogP contribution < -0.4 is 4.74 Å². The Morgan fingerprint density at radius 3 is 2.15 bits per heavy atom. The van der Waals surface area contributed by atoms with Crippen molar-refractivity contribution in [3.05, 3.63) is 79.1 Å². The highest BCUT2D eigenvalue weighted by atomic mass is 32.2. The minimum Gasteiger partial charge on any atom is -0.490 e. The van der Waals surface area contributed by atoms with Crippen LogP contribution in [0.25, 0.3) is 11.1 Å². The van der Waals surface area contributed by atoms with Gasteiger partial charge in [-0.25, -0.2) is 8.42 Å². The number of pyridine rings is 1. The van der Waals surface area contributed by atoms with E-state index in [-0.39, 0.29) is 6.10 Å². The van der Waals surface area contributed by atoms with Gasteiger partial charge < -0.3 is 9.64 Å². The Labute approximate surface area is 202 Å². The molecule has 178 valence electrons. The van der Waals surface area contributed by atoms with E-state index in [2.05, 4.69) is 9.88 Å². The van der Waals surface area contributed by atoms with Crippen molar-refractivity contribution in [2.75, 3.05) is 26.2 Å². The summed E-state index contributed by atoms with van der Waals surface area (Å²) in [6.07, 6.45) is 7.46. The third-order valence-corrected chi connectivity index (χ3v) is 8.84. The lowest BCUT2D eigenvalue weighted by atomic mass is 10.00. The van der Waals surface area contributed by atoms with Crippen LogP contribution >= 0.6 is 0 Å². The highest BCUT2D eigenvalue weighted by Crippen LogP contribution is 2.28. The van der Waals surface area contributed by atoms with Crippen molar-refractivity contribution in [2.24, 2.45) is 0 Å². The Balaban J connectivity index is 1.16. The predicted molar refractivity (Wildman–Crippen MR) is 133 cm³/mol. The fourth-order valence-electron chi connectivity index (χ4n) is 5.03. The second-order valence-corrected chi connectivity index (χ2v) is 11.0. The minimum atomic E-state index is -3.50. The van der Waals surface area contributed by atoms with Crippen molar-refractivity contribution < 1.29 is 13.2 Å². The van der Waals surface area contributed by atoms with Crippen LogP contribution in [0.2, 0.25) is 0 Å². The van der Waals surface area contributed by atoms with Gasteiger partial charge in [-0.15, -0.1) is 0 Å². The van der Waals surface area contributed by atoms with Gasteiger partial charge >= 0.3 is 0 Å². The van der Waals surface area contributed by atoms with Gasteiger partial charge in [0.05, 0.1) is 4.90 Å². The lowest BCUT2D eigenvalue weighted by Crippen LogP contribution is -2.50. The third-order valence-electron chi connectivity index (χ3n) is 6.95. The minimum absolute atomic E-state index is 0.232. The molecule has 2 fully saturated rings. The second-order valence-electron chi connectivity index (χ2n) is 9.07. The third kappa shape index (κ3) is 5.17. The van der Waals surface area contributed by atoms with Crippen LogP contribution in [0.3, 0.4) is 0 Å². The summed E-state index contributed by atoms with van der Waals surface area (Å²) in [5, 5.41) is 0. The first kappa shape index (κ1) is 23.0. The molecule has 34 heavy (non-hydrogen) atoms. The monoisotopic (exact) mass is 477 g/mol. The lowest BCUT2D eigenvalue weighted by molar-refractivity contribution is 0.0585. The van der Waals surface area contributed by atoms with E-state index >= 15 is 0 Å².